The van der Waals surface area contributed by atoms with E-state index < -0.39 is 4.92 Å². The third kappa shape index (κ3) is 3.80. The zero-order valence-corrected chi connectivity index (χ0v) is 15.0. The van der Waals surface area contributed by atoms with Crippen molar-refractivity contribution in [2.75, 3.05) is 0 Å². The molecule has 2 aromatic carbocycles. The van der Waals surface area contributed by atoms with E-state index in [1.807, 2.05) is 22.8 Å². The van der Waals surface area contributed by atoms with Crippen LogP contribution in [0.15, 0.2) is 72.3 Å². The van der Waals surface area contributed by atoms with Gasteiger partial charge >= 0.3 is 0 Å². The standard InChI is InChI=1S/C19H15N5O2S/c25-24(26)16-8-6-15(7-9-16)11-27-19-17-18(20-12-21-19)23(13-22-17)10-14-4-2-1-3-5-14/h1-9,12-13H,10-11H2. The van der Waals surface area contributed by atoms with Gasteiger partial charge in [0.05, 0.1) is 17.8 Å². The van der Waals surface area contributed by atoms with Crippen molar-refractivity contribution in [1.29, 1.82) is 0 Å². The summed E-state index contributed by atoms with van der Waals surface area (Å²) in [7, 11) is 0. The second kappa shape index (κ2) is 7.55. The maximum Gasteiger partial charge on any atom is 0.269 e. The van der Waals surface area contributed by atoms with Gasteiger partial charge in [-0.1, -0.05) is 54.2 Å². The van der Waals surface area contributed by atoms with Gasteiger partial charge in [0.25, 0.3) is 5.69 Å². The Kier molecular flexibility index (Phi) is 4.80. The van der Waals surface area contributed by atoms with Gasteiger partial charge in [-0.15, -0.1) is 0 Å². The molecule has 0 fully saturated rings. The molecule has 0 bridgehead atoms. The molecule has 0 spiro atoms. The number of thioether (sulfide) groups is 1. The van der Waals surface area contributed by atoms with E-state index in [9.17, 15) is 10.1 Å². The van der Waals surface area contributed by atoms with E-state index >= 15 is 0 Å². The number of non-ortho nitro benzene ring substituents is 1. The van der Waals surface area contributed by atoms with Crippen LogP contribution < -0.4 is 0 Å². The Morgan fingerprint density at radius 2 is 1.74 bits per heavy atom. The average Bonchev–Trinajstić information content (AvgIpc) is 3.11. The Balaban J connectivity index is 1.53. The summed E-state index contributed by atoms with van der Waals surface area (Å²) in [6.45, 7) is 0.695. The van der Waals surface area contributed by atoms with Crippen LogP contribution in [-0.4, -0.2) is 24.4 Å². The molecule has 2 aromatic heterocycles. The van der Waals surface area contributed by atoms with Crippen molar-refractivity contribution in [3.63, 3.8) is 0 Å². The van der Waals surface area contributed by atoms with Crippen molar-refractivity contribution in [2.45, 2.75) is 17.3 Å². The van der Waals surface area contributed by atoms with E-state index in [2.05, 4.69) is 27.1 Å². The van der Waals surface area contributed by atoms with Gasteiger partial charge in [0.2, 0.25) is 0 Å². The minimum absolute atomic E-state index is 0.0906. The van der Waals surface area contributed by atoms with Crippen LogP contribution in [0.5, 0.6) is 0 Å². The molecule has 2 heterocycles. The van der Waals surface area contributed by atoms with E-state index in [0.29, 0.717) is 12.3 Å². The zero-order valence-electron chi connectivity index (χ0n) is 14.2. The second-order valence-corrected chi connectivity index (χ2v) is 6.89. The predicted octanol–water partition coefficient (Wildman–Crippen LogP) is 4.08. The lowest BCUT2D eigenvalue weighted by molar-refractivity contribution is -0.384. The number of nitro benzene ring substituents is 1. The smallest absolute Gasteiger partial charge is 0.269 e. The van der Waals surface area contributed by atoms with Crippen LogP contribution in [0.25, 0.3) is 11.2 Å². The summed E-state index contributed by atoms with van der Waals surface area (Å²) in [5, 5.41) is 11.5. The lowest BCUT2D eigenvalue weighted by Gasteiger charge is -2.05. The number of hydrogen-bond acceptors (Lipinski definition) is 6. The van der Waals surface area contributed by atoms with Gasteiger partial charge in [0, 0.05) is 17.9 Å². The third-order valence-corrected chi connectivity index (χ3v) is 5.14. The molecule has 0 aliphatic heterocycles. The Morgan fingerprint density at radius 3 is 2.48 bits per heavy atom. The lowest BCUT2D eigenvalue weighted by atomic mass is 10.2. The highest BCUT2D eigenvalue weighted by molar-refractivity contribution is 7.98. The van der Waals surface area contributed by atoms with Crippen molar-refractivity contribution in [2.24, 2.45) is 0 Å². The first kappa shape index (κ1) is 17.2. The van der Waals surface area contributed by atoms with Crippen LogP contribution in [0, 0.1) is 10.1 Å². The molecule has 4 aromatic rings. The highest BCUT2D eigenvalue weighted by Gasteiger charge is 2.11. The number of benzene rings is 2. The van der Waals surface area contributed by atoms with E-state index in [0.717, 1.165) is 21.8 Å². The number of imidazole rings is 1. The van der Waals surface area contributed by atoms with Crippen molar-refractivity contribution < 1.29 is 4.92 Å². The Morgan fingerprint density at radius 1 is 0.963 bits per heavy atom. The van der Waals surface area contributed by atoms with Gasteiger partial charge in [0.15, 0.2) is 5.65 Å². The van der Waals surface area contributed by atoms with Crippen LogP contribution in [0.4, 0.5) is 5.69 Å². The van der Waals surface area contributed by atoms with Gasteiger partial charge in [0.1, 0.15) is 16.9 Å². The molecule has 0 saturated carbocycles. The Hall–Kier alpha value is -3.26. The first-order valence-electron chi connectivity index (χ1n) is 8.26. The quantitative estimate of drug-likeness (QED) is 0.218. The summed E-state index contributed by atoms with van der Waals surface area (Å²) in [5.74, 6) is 0.648. The molecule has 134 valence electrons. The Labute approximate surface area is 159 Å². The SMILES string of the molecule is O=[N+]([O-])c1ccc(CSc2ncnc3c2ncn3Cc2ccccc2)cc1. The number of nitrogens with zero attached hydrogens (tertiary/aromatic N) is 5. The van der Waals surface area contributed by atoms with Crippen molar-refractivity contribution in [1.82, 2.24) is 19.5 Å². The molecule has 0 atom stereocenters. The van der Waals surface area contributed by atoms with Crippen LogP contribution in [0.3, 0.4) is 0 Å². The molecule has 0 unspecified atom stereocenters. The molecule has 0 aliphatic carbocycles. The maximum atomic E-state index is 10.7. The van der Waals surface area contributed by atoms with Crippen LogP contribution in [0.2, 0.25) is 0 Å². The summed E-state index contributed by atoms with van der Waals surface area (Å²) in [4.78, 5) is 23.6. The highest BCUT2D eigenvalue weighted by atomic mass is 32.2. The molecular formula is C19H15N5O2S. The van der Waals surface area contributed by atoms with Gasteiger partial charge in [-0.25, -0.2) is 15.0 Å². The topological polar surface area (TPSA) is 86.7 Å². The summed E-state index contributed by atoms with van der Waals surface area (Å²) in [6.07, 6.45) is 3.33. The maximum absolute atomic E-state index is 10.7. The van der Waals surface area contributed by atoms with E-state index in [4.69, 9.17) is 0 Å². The molecule has 0 amide bonds. The molecular weight excluding hydrogens is 362 g/mol. The first-order chi connectivity index (χ1) is 13.2. The third-order valence-electron chi connectivity index (χ3n) is 4.09. The van der Waals surface area contributed by atoms with Crippen molar-refractivity contribution in [3.8, 4) is 0 Å². The number of nitro groups is 1. The molecule has 0 saturated heterocycles. The summed E-state index contributed by atoms with van der Waals surface area (Å²) in [5.41, 5.74) is 3.81. The summed E-state index contributed by atoms with van der Waals surface area (Å²) < 4.78 is 2.00. The number of fused-ring (bicyclic) bond motifs is 1. The molecule has 8 heteroatoms. The molecule has 0 radical (unpaired) electrons. The number of rotatable bonds is 6. The largest absolute Gasteiger partial charge is 0.311 e. The average molecular weight is 377 g/mol. The highest BCUT2D eigenvalue weighted by Crippen LogP contribution is 2.27. The molecule has 7 nitrogen and oxygen atoms in total. The molecule has 4 rings (SSSR count). The predicted molar refractivity (Wildman–Crippen MR) is 104 cm³/mol. The van der Waals surface area contributed by atoms with Crippen LogP contribution in [-0.2, 0) is 12.3 Å². The monoisotopic (exact) mass is 377 g/mol. The number of aromatic nitrogens is 4. The fourth-order valence-electron chi connectivity index (χ4n) is 2.73. The second-order valence-electron chi connectivity index (χ2n) is 5.92. The van der Waals surface area contributed by atoms with Gasteiger partial charge in [-0.2, -0.15) is 0 Å². The fraction of sp³-hybridized carbons (Fsp3) is 0.105. The molecule has 27 heavy (non-hydrogen) atoms. The van der Waals surface area contributed by atoms with Crippen LogP contribution >= 0.6 is 11.8 Å². The number of hydrogen-bond donors (Lipinski definition) is 0. The normalized spacial score (nSPS) is 11.0. The molecule has 0 aliphatic rings. The van der Waals surface area contributed by atoms with Crippen LogP contribution in [0.1, 0.15) is 11.1 Å². The van der Waals surface area contributed by atoms with Crippen molar-refractivity contribution >= 4 is 28.6 Å². The zero-order chi connectivity index (χ0) is 18.6. The first-order valence-corrected chi connectivity index (χ1v) is 9.25. The van der Waals surface area contributed by atoms with Gasteiger partial charge in [-0.05, 0) is 11.1 Å². The van der Waals surface area contributed by atoms with Gasteiger partial charge < -0.3 is 4.57 Å². The minimum Gasteiger partial charge on any atom is -0.311 e. The Bertz CT molecular complexity index is 1080. The van der Waals surface area contributed by atoms with E-state index in [1.165, 1.54) is 17.7 Å². The summed E-state index contributed by atoms with van der Waals surface area (Å²) in [6, 6.07) is 16.7. The molecule has 0 N–H and O–H groups in total. The van der Waals surface area contributed by atoms with E-state index in [1.54, 1.807) is 36.5 Å². The van der Waals surface area contributed by atoms with Crippen molar-refractivity contribution in [3.05, 3.63) is 88.5 Å². The minimum atomic E-state index is -0.399. The summed E-state index contributed by atoms with van der Waals surface area (Å²) >= 11 is 1.54. The van der Waals surface area contributed by atoms with Gasteiger partial charge in [-0.3, -0.25) is 10.1 Å². The van der Waals surface area contributed by atoms with E-state index in [-0.39, 0.29) is 5.69 Å². The fourth-order valence-corrected chi connectivity index (χ4v) is 3.62. The lowest BCUT2D eigenvalue weighted by Crippen LogP contribution is -1.99.